The number of hydrogen-bond donors (Lipinski definition) is 1. The Morgan fingerprint density at radius 1 is 1.24 bits per heavy atom. The summed E-state index contributed by atoms with van der Waals surface area (Å²) in [5.41, 5.74) is 7.67. The van der Waals surface area contributed by atoms with Crippen LogP contribution in [0.2, 0.25) is 0 Å². The van der Waals surface area contributed by atoms with Crippen molar-refractivity contribution in [3.63, 3.8) is 0 Å². The van der Waals surface area contributed by atoms with Crippen molar-refractivity contribution in [2.45, 2.75) is 32.6 Å². The number of aromatic nitrogens is 3. The summed E-state index contributed by atoms with van der Waals surface area (Å²) in [4.78, 5) is 24.0. The van der Waals surface area contributed by atoms with Gasteiger partial charge in [0.2, 0.25) is 11.8 Å². The van der Waals surface area contributed by atoms with Crippen LogP contribution >= 0.6 is 0 Å². The number of primary amides is 1. The number of pyridine rings is 1. The number of carbonyl (C=O) groups is 1. The molecule has 0 spiro atoms. The zero-order valence-electron chi connectivity index (χ0n) is 11.8. The van der Waals surface area contributed by atoms with Crippen LogP contribution in [0, 0.1) is 6.92 Å². The third kappa shape index (κ3) is 2.84. The van der Waals surface area contributed by atoms with Crippen LogP contribution < -0.4 is 10.5 Å². The van der Waals surface area contributed by atoms with Crippen LogP contribution in [0.1, 0.15) is 40.3 Å². The topological polar surface area (TPSA) is 91.0 Å². The molecule has 3 rings (SSSR count). The van der Waals surface area contributed by atoms with Crippen LogP contribution in [0.3, 0.4) is 0 Å². The van der Waals surface area contributed by atoms with Crippen molar-refractivity contribution < 1.29 is 9.53 Å². The van der Waals surface area contributed by atoms with Crippen molar-refractivity contribution in [1.82, 2.24) is 15.0 Å². The molecule has 0 atom stereocenters. The van der Waals surface area contributed by atoms with E-state index in [9.17, 15) is 4.79 Å². The second kappa shape index (κ2) is 5.47. The Balaban J connectivity index is 1.96. The summed E-state index contributed by atoms with van der Waals surface area (Å²) < 4.78 is 5.83. The van der Waals surface area contributed by atoms with Gasteiger partial charge >= 0.3 is 0 Å². The summed E-state index contributed by atoms with van der Waals surface area (Å²) in [7, 11) is 0. The van der Waals surface area contributed by atoms with E-state index in [2.05, 4.69) is 15.0 Å². The number of fused-ring (bicyclic) bond motifs is 1. The highest BCUT2D eigenvalue weighted by atomic mass is 16.5. The van der Waals surface area contributed by atoms with Gasteiger partial charge in [0.15, 0.2) is 0 Å². The Hall–Kier alpha value is -2.50. The van der Waals surface area contributed by atoms with Crippen molar-refractivity contribution in [3.8, 4) is 11.6 Å². The van der Waals surface area contributed by atoms with E-state index < -0.39 is 5.91 Å². The smallest absolute Gasteiger partial charge is 0.250 e. The summed E-state index contributed by atoms with van der Waals surface area (Å²) in [5, 5.41) is 0. The van der Waals surface area contributed by atoms with Gasteiger partial charge in [0.25, 0.3) is 0 Å². The Morgan fingerprint density at radius 2 is 2.05 bits per heavy atom. The monoisotopic (exact) mass is 284 g/mol. The first-order valence-corrected chi connectivity index (χ1v) is 6.92. The van der Waals surface area contributed by atoms with Crippen LogP contribution in [0.15, 0.2) is 18.5 Å². The number of amides is 1. The molecule has 0 saturated carbocycles. The molecule has 2 N–H and O–H groups in total. The third-order valence-electron chi connectivity index (χ3n) is 3.47. The zero-order chi connectivity index (χ0) is 14.8. The molecule has 6 heteroatoms. The molecular weight excluding hydrogens is 268 g/mol. The lowest BCUT2D eigenvalue weighted by atomic mass is 9.97. The minimum Gasteiger partial charge on any atom is -0.437 e. The van der Waals surface area contributed by atoms with Crippen molar-refractivity contribution >= 4 is 5.91 Å². The van der Waals surface area contributed by atoms with E-state index >= 15 is 0 Å². The van der Waals surface area contributed by atoms with Crippen LogP contribution in [0.25, 0.3) is 0 Å². The van der Waals surface area contributed by atoms with Gasteiger partial charge in [0, 0.05) is 11.8 Å². The van der Waals surface area contributed by atoms with Gasteiger partial charge < -0.3 is 10.5 Å². The highest BCUT2D eigenvalue weighted by molar-refractivity contribution is 5.92. The second-order valence-corrected chi connectivity index (χ2v) is 5.08. The van der Waals surface area contributed by atoms with E-state index in [1.165, 1.54) is 6.20 Å². The molecule has 1 amide bonds. The molecule has 2 heterocycles. The Labute approximate surface area is 122 Å². The number of aryl methyl sites for hydroxylation is 2. The molecule has 0 unspecified atom stereocenters. The maximum Gasteiger partial charge on any atom is 0.250 e. The fourth-order valence-electron chi connectivity index (χ4n) is 2.48. The first kappa shape index (κ1) is 13.5. The average molecular weight is 284 g/mol. The number of ether oxygens (including phenoxy) is 1. The van der Waals surface area contributed by atoms with Gasteiger partial charge in [0.1, 0.15) is 11.6 Å². The second-order valence-electron chi connectivity index (χ2n) is 5.08. The molecule has 2 aromatic rings. The molecule has 108 valence electrons. The number of hydrogen-bond acceptors (Lipinski definition) is 5. The molecule has 0 bridgehead atoms. The lowest BCUT2D eigenvalue weighted by Gasteiger charge is -2.18. The first-order valence-electron chi connectivity index (χ1n) is 6.92. The normalized spacial score (nSPS) is 13.6. The van der Waals surface area contributed by atoms with Gasteiger partial charge in [-0.05, 0) is 38.7 Å². The lowest BCUT2D eigenvalue weighted by molar-refractivity contribution is 0.0999. The predicted octanol–water partition coefficient (Wildman–Crippen LogP) is 1.95. The Bertz CT molecular complexity index is 700. The number of rotatable bonds is 3. The Kier molecular flexibility index (Phi) is 3.51. The molecule has 6 nitrogen and oxygen atoms in total. The van der Waals surface area contributed by atoms with Gasteiger partial charge in [-0.2, -0.15) is 4.98 Å². The quantitative estimate of drug-likeness (QED) is 0.930. The maximum atomic E-state index is 11.2. The molecule has 1 aliphatic carbocycles. The van der Waals surface area contributed by atoms with E-state index in [1.54, 1.807) is 12.3 Å². The molecule has 21 heavy (non-hydrogen) atoms. The molecule has 2 aromatic heterocycles. The largest absolute Gasteiger partial charge is 0.437 e. The summed E-state index contributed by atoms with van der Waals surface area (Å²) in [6.07, 6.45) is 7.06. The SMILES string of the molecule is Cc1nc2c(c(Oc3cncc(C(N)=O)c3)n1)CCCC2. The van der Waals surface area contributed by atoms with Gasteiger partial charge in [0.05, 0.1) is 17.5 Å². The summed E-state index contributed by atoms with van der Waals surface area (Å²) in [6.45, 7) is 1.85. The van der Waals surface area contributed by atoms with Gasteiger partial charge in [-0.3, -0.25) is 9.78 Å². The molecule has 0 fully saturated rings. The zero-order valence-corrected chi connectivity index (χ0v) is 11.8. The average Bonchev–Trinajstić information content (AvgIpc) is 2.47. The lowest BCUT2D eigenvalue weighted by Crippen LogP contribution is -2.12. The van der Waals surface area contributed by atoms with Crippen LogP contribution in [-0.4, -0.2) is 20.9 Å². The van der Waals surface area contributed by atoms with E-state index in [0.29, 0.717) is 23.0 Å². The van der Waals surface area contributed by atoms with E-state index in [0.717, 1.165) is 36.9 Å². The molecule has 0 radical (unpaired) electrons. The van der Waals surface area contributed by atoms with Crippen molar-refractivity contribution in [2.75, 3.05) is 0 Å². The highest BCUT2D eigenvalue weighted by Gasteiger charge is 2.18. The Morgan fingerprint density at radius 3 is 2.86 bits per heavy atom. The summed E-state index contributed by atoms with van der Waals surface area (Å²) in [5.74, 6) is 1.16. The van der Waals surface area contributed by atoms with Crippen molar-refractivity contribution in [1.29, 1.82) is 0 Å². The van der Waals surface area contributed by atoms with E-state index in [4.69, 9.17) is 10.5 Å². The fraction of sp³-hybridized carbons (Fsp3) is 0.333. The molecule has 0 saturated heterocycles. The van der Waals surface area contributed by atoms with Crippen LogP contribution in [0.5, 0.6) is 11.6 Å². The maximum absolute atomic E-state index is 11.2. The minimum absolute atomic E-state index is 0.312. The van der Waals surface area contributed by atoms with Crippen molar-refractivity contribution in [3.05, 3.63) is 41.1 Å². The predicted molar refractivity (Wildman–Crippen MR) is 76.2 cm³/mol. The van der Waals surface area contributed by atoms with Gasteiger partial charge in [-0.25, -0.2) is 4.98 Å². The molecule has 1 aliphatic rings. The first-order chi connectivity index (χ1) is 10.1. The van der Waals surface area contributed by atoms with Crippen molar-refractivity contribution in [2.24, 2.45) is 5.73 Å². The number of nitrogens with two attached hydrogens (primary N) is 1. The third-order valence-corrected chi connectivity index (χ3v) is 3.47. The minimum atomic E-state index is -0.533. The highest BCUT2D eigenvalue weighted by Crippen LogP contribution is 2.30. The van der Waals surface area contributed by atoms with Crippen LogP contribution in [-0.2, 0) is 12.8 Å². The van der Waals surface area contributed by atoms with E-state index in [-0.39, 0.29) is 0 Å². The summed E-state index contributed by atoms with van der Waals surface area (Å²) >= 11 is 0. The molecule has 0 aromatic carbocycles. The van der Waals surface area contributed by atoms with Gasteiger partial charge in [-0.1, -0.05) is 0 Å². The standard InChI is InChI=1S/C15H16N4O2/c1-9-18-13-5-3-2-4-12(13)15(19-9)21-11-6-10(14(16)20)7-17-8-11/h6-8H,2-5H2,1H3,(H2,16,20). The summed E-state index contributed by atoms with van der Waals surface area (Å²) in [6, 6.07) is 1.57. The fourth-order valence-corrected chi connectivity index (χ4v) is 2.48. The molecular formula is C15H16N4O2. The number of nitrogens with zero attached hydrogens (tertiary/aromatic N) is 3. The molecule has 0 aliphatic heterocycles. The van der Waals surface area contributed by atoms with Gasteiger partial charge in [-0.15, -0.1) is 0 Å². The number of carbonyl (C=O) groups excluding carboxylic acids is 1. The van der Waals surface area contributed by atoms with Crippen LogP contribution in [0.4, 0.5) is 0 Å². The van der Waals surface area contributed by atoms with E-state index in [1.807, 2.05) is 6.92 Å².